The number of nitrogens with zero attached hydrogens (tertiary/aromatic N) is 1. The minimum Gasteiger partial charge on any atom is -0.452 e. The number of carbonyl (C=O) groups is 2. The van der Waals surface area contributed by atoms with Crippen LogP contribution in [0.5, 0.6) is 0 Å². The molecule has 0 atom stereocenters. The lowest BCUT2D eigenvalue weighted by atomic mass is 10.1. The molecule has 0 saturated heterocycles. The van der Waals surface area contributed by atoms with Gasteiger partial charge in [-0.1, -0.05) is 53.5 Å². The smallest absolute Gasteiger partial charge is 0.331 e. The Balaban J connectivity index is 1.59. The summed E-state index contributed by atoms with van der Waals surface area (Å²) < 4.78 is 4.95. The Morgan fingerprint density at radius 1 is 1.04 bits per heavy atom. The van der Waals surface area contributed by atoms with E-state index in [1.165, 1.54) is 6.08 Å². The highest BCUT2D eigenvalue weighted by atomic mass is 35.5. The van der Waals surface area contributed by atoms with Crippen LogP contribution in [0.25, 0.3) is 17.0 Å². The molecule has 3 aromatic rings. The summed E-state index contributed by atoms with van der Waals surface area (Å²) in [4.78, 5) is 28.1. The summed E-state index contributed by atoms with van der Waals surface area (Å²) in [6.07, 6.45) is 4.53. The normalized spacial score (nSPS) is 10.9. The second-order valence-electron chi connectivity index (χ2n) is 5.51. The van der Waals surface area contributed by atoms with Crippen molar-refractivity contribution in [2.24, 2.45) is 0 Å². The Kier molecular flexibility index (Phi) is 6.06. The second-order valence-corrected chi connectivity index (χ2v) is 6.32. The number of fused-ring (bicyclic) bond motifs is 1. The molecule has 1 N–H and O–H groups in total. The maximum absolute atomic E-state index is 11.9. The number of rotatable bonds is 5. The Morgan fingerprint density at radius 2 is 1.74 bits per heavy atom. The molecule has 27 heavy (non-hydrogen) atoms. The molecular weight excluding hydrogens is 387 g/mol. The van der Waals surface area contributed by atoms with Crippen LogP contribution >= 0.6 is 23.2 Å². The van der Waals surface area contributed by atoms with Gasteiger partial charge in [-0.05, 0) is 24.3 Å². The molecule has 136 valence electrons. The molecule has 5 nitrogen and oxygen atoms in total. The van der Waals surface area contributed by atoms with Crippen LogP contribution in [0, 0.1) is 0 Å². The molecule has 0 unspecified atom stereocenters. The summed E-state index contributed by atoms with van der Waals surface area (Å²) in [5.74, 6) is -1.19. The lowest BCUT2D eigenvalue weighted by Gasteiger charge is -2.08. The highest BCUT2D eigenvalue weighted by molar-refractivity contribution is 6.39. The number of aromatic nitrogens is 1. The van der Waals surface area contributed by atoms with Crippen LogP contribution in [0.2, 0.25) is 10.0 Å². The fourth-order valence-electron chi connectivity index (χ4n) is 2.40. The van der Waals surface area contributed by atoms with Crippen molar-refractivity contribution in [3.05, 3.63) is 76.4 Å². The molecule has 0 aliphatic heterocycles. The summed E-state index contributed by atoms with van der Waals surface area (Å²) in [5, 5.41) is 4.07. The van der Waals surface area contributed by atoms with Crippen molar-refractivity contribution in [3.8, 4) is 0 Å². The van der Waals surface area contributed by atoms with Crippen molar-refractivity contribution in [2.75, 3.05) is 11.9 Å². The Labute approximate surface area is 165 Å². The molecule has 7 heteroatoms. The zero-order chi connectivity index (χ0) is 19.2. The number of hydrogen-bond acceptors (Lipinski definition) is 4. The number of nitrogens with one attached hydrogen (secondary N) is 1. The largest absolute Gasteiger partial charge is 0.452 e. The van der Waals surface area contributed by atoms with E-state index < -0.39 is 18.5 Å². The summed E-state index contributed by atoms with van der Waals surface area (Å²) in [5.41, 5.74) is 1.83. The number of para-hydroxylation sites is 2. The van der Waals surface area contributed by atoms with Gasteiger partial charge in [-0.25, -0.2) is 4.79 Å². The number of pyridine rings is 1. The second kappa shape index (κ2) is 8.66. The van der Waals surface area contributed by atoms with E-state index in [0.29, 0.717) is 10.0 Å². The van der Waals surface area contributed by atoms with Gasteiger partial charge in [-0.15, -0.1) is 0 Å². The Hall–Kier alpha value is -2.89. The van der Waals surface area contributed by atoms with E-state index in [2.05, 4.69) is 10.3 Å². The van der Waals surface area contributed by atoms with Crippen LogP contribution < -0.4 is 5.32 Å². The minimum absolute atomic E-state index is 0.277. The van der Waals surface area contributed by atoms with Gasteiger partial charge in [0, 0.05) is 23.2 Å². The van der Waals surface area contributed by atoms with Crippen molar-refractivity contribution >= 4 is 57.7 Å². The van der Waals surface area contributed by atoms with Crippen molar-refractivity contribution in [1.82, 2.24) is 4.98 Å². The highest BCUT2D eigenvalue weighted by Gasteiger charge is 2.11. The number of carbonyl (C=O) groups excluding carboxylic acids is 2. The highest BCUT2D eigenvalue weighted by Crippen LogP contribution is 2.29. The number of anilines is 1. The first-order valence-electron chi connectivity index (χ1n) is 7.97. The summed E-state index contributed by atoms with van der Waals surface area (Å²) in [6, 6.07) is 14.3. The number of ether oxygens (including phenoxy) is 1. The minimum atomic E-state index is -0.650. The molecule has 0 fully saturated rings. The zero-order valence-corrected chi connectivity index (χ0v) is 15.5. The average molecular weight is 401 g/mol. The van der Waals surface area contributed by atoms with E-state index >= 15 is 0 Å². The first-order chi connectivity index (χ1) is 13.0. The molecule has 0 saturated carbocycles. The van der Waals surface area contributed by atoms with Gasteiger partial charge >= 0.3 is 5.97 Å². The fourth-order valence-corrected chi connectivity index (χ4v) is 2.89. The molecule has 0 aliphatic rings. The lowest BCUT2D eigenvalue weighted by molar-refractivity contribution is -0.142. The van der Waals surface area contributed by atoms with E-state index in [1.54, 1.807) is 30.5 Å². The third-order valence-corrected chi connectivity index (χ3v) is 4.27. The van der Waals surface area contributed by atoms with Gasteiger partial charge in [-0.2, -0.15) is 0 Å². The van der Waals surface area contributed by atoms with E-state index in [0.717, 1.165) is 16.5 Å². The van der Waals surface area contributed by atoms with E-state index in [4.69, 9.17) is 27.9 Å². The summed E-state index contributed by atoms with van der Waals surface area (Å²) >= 11 is 12.0. The van der Waals surface area contributed by atoms with Crippen LogP contribution in [-0.2, 0) is 14.3 Å². The average Bonchev–Trinajstić information content (AvgIpc) is 2.67. The molecule has 0 bridgehead atoms. The number of esters is 1. The fraction of sp³-hybridized carbons (Fsp3) is 0.0500. The maximum Gasteiger partial charge on any atom is 0.331 e. The van der Waals surface area contributed by atoms with Gasteiger partial charge in [0.25, 0.3) is 5.91 Å². The molecule has 2 aromatic carbocycles. The molecular formula is C20H14Cl2N2O3. The number of hydrogen-bond donors (Lipinski definition) is 1. The molecule has 1 aromatic heterocycles. The number of halogens is 2. The van der Waals surface area contributed by atoms with Crippen molar-refractivity contribution in [1.29, 1.82) is 0 Å². The standard InChI is InChI=1S/C20H14Cl2N2O3/c21-15-7-2-8-16(22)20(15)24-17(25)12-27-18(26)10-9-14-5-1-4-13-6-3-11-23-19(13)14/h1-11H,12H2,(H,24,25)/b10-9+. The monoisotopic (exact) mass is 400 g/mol. The van der Waals surface area contributed by atoms with E-state index in [9.17, 15) is 9.59 Å². The predicted octanol–water partition coefficient (Wildman–Crippen LogP) is 4.74. The van der Waals surface area contributed by atoms with Crippen LogP contribution in [0.1, 0.15) is 5.56 Å². The zero-order valence-electron chi connectivity index (χ0n) is 14.0. The van der Waals surface area contributed by atoms with Crippen molar-refractivity contribution < 1.29 is 14.3 Å². The van der Waals surface area contributed by atoms with Gasteiger partial charge in [0.15, 0.2) is 6.61 Å². The quantitative estimate of drug-likeness (QED) is 0.496. The third kappa shape index (κ3) is 4.84. The van der Waals surface area contributed by atoms with Gasteiger partial charge in [0.2, 0.25) is 0 Å². The molecule has 0 spiro atoms. The predicted molar refractivity (Wildman–Crippen MR) is 107 cm³/mol. The van der Waals surface area contributed by atoms with Crippen molar-refractivity contribution in [2.45, 2.75) is 0 Å². The van der Waals surface area contributed by atoms with Crippen LogP contribution in [0.3, 0.4) is 0 Å². The molecule has 1 amide bonds. The molecule has 1 heterocycles. The molecule has 0 radical (unpaired) electrons. The number of benzene rings is 2. The number of amides is 1. The van der Waals surface area contributed by atoms with Crippen LogP contribution in [0.4, 0.5) is 5.69 Å². The van der Waals surface area contributed by atoms with Crippen LogP contribution in [-0.4, -0.2) is 23.5 Å². The first-order valence-corrected chi connectivity index (χ1v) is 8.72. The summed E-state index contributed by atoms with van der Waals surface area (Å²) in [7, 11) is 0. The summed E-state index contributed by atoms with van der Waals surface area (Å²) in [6.45, 7) is -0.460. The van der Waals surface area contributed by atoms with Gasteiger partial charge < -0.3 is 10.1 Å². The molecule has 3 rings (SSSR count). The molecule has 0 aliphatic carbocycles. The van der Waals surface area contributed by atoms with E-state index in [-0.39, 0.29) is 5.69 Å². The third-order valence-electron chi connectivity index (χ3n) is 3.64. The SMILES string of the molecule is O=C(COC(=O)/C=C/c1cccc2cccnc12)Nc1c(Cl)cccc1Cl. The van der Waals surface area contributed by atoms with Gasteiger partial charge in [0.05, 0.1) is 21.2 Å². The Morgan fingerprint density at radius 3 is 2.52 bits per heavy atom. The lowest BCUT2D eigenvalue weighted by Crippen LogP contribution is -2.20. The Bertz CT molecular complexity index is 1010. The van der Waals surface area contributed by atoms with Crippen LogP contribution in [0.15, 0.2) is 60.8 Å². The van der Waals surface area contributed by atoms with Gasteiger partial charge in [0.1, 0.15) is 0 Å². The maximum atomic E-state index is 11.9. The van der Waals surface area contributed by atoms with Gasteiger partial charge in [-0.3, -0.25) is 9.78 Å². The first kappa shape index (κ1) is 18.9. The topological polar surface area (TPSA) is 68.3 Å². The van der Waals surface area contributed by atoms with Crippen molar-refractivity contribution in [3.63, 3.8) is 0 Å². The van der Waals surface area contributed by atoms with E-state index in [1.807, 2.05) is 30.3 Å².